The van der Waals surface area contributed by atoms with Crippen molar-refractivity contribution in [1.29, 1.82) is 0 Å². The fourth-order valence-corrected chi connectivity index (χ4v) is 3.27. The van der Waals surface area contributed by atoms with Crippen molar-refractivity contribution >= 4 is 31.9 Å². The summed E-state index contributed by atoms with van der Waals surface area (Å²) in [5.41, 5.74) is -0.499. The lowest BCUT2D eigenvalue weighted by Crippen LogP contribution is -2.44. The minimum absolute atomic E-state index is 0.111. The van der Waals surface area contributed by atoms with Crippen molar-refractivity contribution in [3.05, 3.63) is 28.7 Å². The summed E-state index contributed by atoms with van der Waals surface area (Å²) < 4.78 is 27.8. The molecule has 0 amide bonds. The van der Waals surface area contributed by atoms with Crippen LogP contribution in [0, 0.1) is 5.41 Å². The second-order valence-electron chi connectivity index (χ2n) is 5.59. The summed E-state index contributed by atoms with van der Waals surface area (Å²) in [7, 11) is -3.74. The van der Waals surface area contributed by atoms with Gasteiger partial charge in [-0.1, -0.05) is 36.7 Å². The number of carboxylic acids is 1. The molecule has 0 aliphatic rings. The second kappa shape index (κ2) is 6.24. The van der Waals surface area contributed by atoms with E-state index in [1.54, 1.807) is 32.9 Å². The first-order chi connectivity index (χ1) is 9.02. The van der Waals surface area contributed by atoms with E-state index in [0.717, 1.165) is 4.47 Å². The maximum atomic E-state index is 12.3. The molecule has 0 saturated heterocycles. The number of sulfonamides is 1. The molecule has 1 rings (SSSR count). The zero-order valence-electron chi connectivity index (χ0n) is 11.6. The van der Waals surface area contributed by atoms with Crippen LogP contribution in [0.1, 0.15) is 27.2 Å². The zero-order chi connectivity index (χ0) is 15.6. The van der Waals surface area contributed by atoms with E-state index in [0.29, 0.717) is 0 Å². The van der Waals surface area contributed by atoms with Crippen LogP contribution in [-0.2, 0) is 14.8 Å². The molecule has 0 bridgehead atoms. The van der Waals surface area contributed by atoms with Gasteiger partial charge in [-0.25, -0.2) is 13.1 Å². The van der Waals surface area contributed by atoms with E-state index in [9.17, 15) is 13.2 Å². The van der Waals surface area contributed by atoms with Crippen molar-refractivity contribution in [3.63, 3.8) is 0 Å². The van der Waals surface area contributed by atoms with Crippen LogP contribution in [0.15, 0.2) is 33.6 Å². The molecule has 5 nitrogen and oxygen atoms in total. The molecule has 0 saturated carbocycles. The second-order valence-corrected chi connectivity index (χ2v) is 8.22. The smallest absolute Gasteiger partial charge is 0.304 e. The average Bonchev–Trinajstić information content (AvgIpc) is 2.26. The van der Waals surface area contributed by atoms with Crippen LogP contribution in [0.4, 0.5) is 0 Å². The third kappa shape index (κ3) is 4.88. The quantitative estimate of drug-likeness (QED) is 0.841. The van der Waals surface area contributed by atoms with E-state index in [1.165, 1.54) is 12.1 Å². The van der Waals surface area contributed by atoms with E-state index in [4.69, 9.17) is 5.11 Å². The molecule has 2 N–H and O–H groups in total. The molecule has 1 unspecified atom stereocenters. The monoisotopic (exact) mass is 363 g/mol. The molecule has 0 aromatic heterocycles. The summed E-state index contributed by atoms with van der Waals surface area (Å²) in [5, 5.41) is 8.91. The first-order valence-corrected chi connectivity index (χ1v) is 8.29. The van der Waals surface area contributed by atoms with Gasteiger partial charge in [0.15, 0.2) is 0 Å². The van der Waals surface area contributed by atoms with Crippen molar-refractivity contribution in [3.8, 4) is 0 Å². The standard InChI is InChI=1S/C13H18BrNO4S/c1-13(2,3)11(8-12(16)17)15-20(18,19)10-6-4-9(14)5-7-10/h4-7,11,15H,8H2,1-3H3,(H,16,17). The van der Waals surface area contributed by atoms with E-state index >= 15 is 0 Å². The number of aliphatic carboxylic acids is 1. The van der Waals surface area contributed by atoms with Crippen LogP contribution < -0.4 is 4.72 Å². The number of benzene rings is 1. The first-order valence-electron chi connectivity index (χ1n) is 6.02. The van der Waals surface area contributed by atoms with Crippen molar-refractivity contribution in [2.45, 2.75) is 38.1 Å². The van der Waals surface area contributed by atoms with Crippen molar-refractivity contribution in [2.24, 2.45) is 5.41 Å². The van der Waals surface area contributed by atoms with Gasteiger partial charge in [-0.2, -0.15) is 0 Å². The molecular weight excluding hydrogens is 346 g/mol. The van der Waals surface area contributed by atoms with E-state index < -0.39 is 27.4 Å². The van der Waals surface area contributed by atoms with Gasteiger partial charge in [-0.15, -0.1) is 0 Å². The predicted molar refractivity (Wildman–Crippen MR) is 80.0 cm³/mol. The summed E-state index contributed by atoms with van der Waals surface area (Å²) >= 11 is 3.23. The zero-order valence-corrected chi connectivity index (χ0v) is 14.0. The van der Waals surface area contributed by atoms with Crippen molar-refractivity contribution in [2.75, 3.05) is 0 Å². The van der Waals surface area contributed by atoms with E-state index in [2.05, 4.69) is 20.7 Å². The number of hydrogen-bond donors (Lipinski definition) is 2. The fraction of sp³-hybridized carbons (Fsp3) is 0.462. The highest BCUT2D eigenvalue weighted by molar-refractivity contribution is 9.10. The number of halogens is 1. The van der Waals surface area contributed by atoms with Crippen LogP contribution in [-0.4, -0.2) is 25.5 Å². The van der Waals surface area contributed by atoms with Gasteiger partial charge in [0.05, 0.1) is 11.3 Å². The summed E-state index contributed by atoms with van der Waals surface area (Å²) in [4.78, 5) is 11.0. The Labute approximate surface area is 127 Å². The van der Waals surface area contributed by atoms with Gasteiger partial charge in [0.1, 0.15) is 0 Å². The molecule has 0 aliphatic heterocycles. The Kier molecular flexibility index (Phi) is 5.34. The Hall–Kier alpha value is -0.920. The highest BCUT2D eigenvalue weighted by Crippen LogP contribution is 2.24. The molecule has 0 spiro atoms. The number of carbonyl (C=O) groups is 1. The van der Waals surface area contributed by atoms with Crippen LogP contribution in [0.3, 0.4) is 0 Å². The molecule has 20 heavy (non-hydrogen) atoms. The Morgan fingerprint density at radius 1 is 1.30 bits per heavy atom. The molecular formula is C13H18BrNO4S. The normalized spacial score (nSPS) is 14.0. The summed E-state index contributed by atoms with van der Waals surface area (Å²) in [6, 6.07) is 5.49. The Balaban J connectivity index is 3.03. The van der Waals surface area contributed by atoms with Crippen LogP contribution >= 0.6 is 15.9 Å². The molecule has 112 valence electrons. The van der Waals surface area contributed by atoms with Gasteiger partial charge in [0.25, 0.3) is 0 Å². The van der Waals surface area contributed by atoms with Gasteiger partial charge in [0, 0.05) is 10.5 Å². The van der Waals surface area contributed by atoms with Gasteiger partial charge in [0.2, 0.25) is 10.0 Å². The molecule has 7 heteroatoms. The minimum Gasteiger partial charge on any atom is -0.481 e. The van der Waals surface area contributed by atoms with Crippen LogP contribution in [0.25, 0.3) is 0 Å². The molecule has 0 heterocycles. The van der Waals surface area contributed by atoms with Gasteiger partial charge < -0.3 is 5.11 Å². The SMILES string of the molecule is CC(C)(C)C(CC(=O)O)NS(=O)(=O)c1ccc(Br)cc1. The number of nitrogens with one attached hydrogen (secondary N) is 1. The summed E-state index contributed by atoms with van der Waals surface area (Å²) in [6.45, 7) is 5.39. The largest absolute Gasteiger partial charge is 0.481 e. The lowest BCUT2D eigenvalue weighted by Gasteiger charge is -2.30. The maximum Gasteiger partial charge on any atom is 0.304 e. The first kappa shape index (κ1) is 17.1. The summed E-state index contributed by atoms with van der Waals surface area (Å²) in [5.74, 6) is -1.04. The van der Waals surface area contributed by atoms with Crippen LogP contribution in [0.2, 0.25) is 0 Å². The topological polar surface area (TPSA) is 83.5 Å². The highest BCUT2D eigenvalue weighted by atomic mass is 79.9. The highest BCUT2D eigenvalue weighted by Gasteiger charge is 2.31. The third-order valence-electron chi connectivity index (χ3n) is 2.85. The summed E-state index contributed by atoms with van der Waals surface area (Å²) in [6.07, 6.45) is -0.265. The molecule has 0 radical (unpaired) electrons. The lowest BCUT2D eigenvalue weighted by atomic mass is 9.85. The van der Waals surface area contributed by atoms with Crippen LogP contribution in [0.5, 0.6) is 0 Å². The Morgan fingerprint density at radius 3 is 2.20 bits per heavy atom. The van der Waals surface area contributed by atoms with Crippen molar-refractivity contribution < 1.29 is 18.3 Å². The van der Waals surface area contributed by atoms with E-state index in [1.807, 2.05) is 0 Å². The Morgan fingerprint density at radius 2 is 1.80 bits per heavy atom. The number of carboxylic acid groups (broad SMARTS) is 1. The molecule has 1 aromatic rings. The average molecular weight is 364 g/mol. The minimum atomic E-state index is -3.74. The van der Waals surface area contributed by atoms with Crippen molar-refractivity contribution in [1.82, 2.24) is 4.72 Å². The molecule has 0 fully saturated rings. The molecule has 1 aromatic carbocycles. The Bertz CT molecular complexity index is 575. The van der Waals surface area contributed by atoms with Gasteiger partial charge in [-0.05, 0) is 29.7 Å². The maximum absolute atomic E-state index is 12.3. The fourth-order valence-electron chi connectivity index (χ4n) is 1.57. The van der Waals surface area contributed by atoms with E-state index in [-0.39, 0.29) is 11.3 Å². The number of hydrogen-bond acceptors (Lipinski definition) is 3. The molecule has 0 aliphatic carbocycles. The van der Waals surface area contributed by atoms with Gasteiger partial charge in [-0.3, -0.25) is 4.79 Å². The van der Waals surface area contributed by atoms with Gasteiger partial charge >= 0.3 is 5.97 Å². The predicted octanol–water partition coefficient (Wildman–Crippen LogP) is 2.62. The number of rotatable bonds is 5. The lowest BCUT2D eigenvalue weighted by molar-refractivity contribution is -0.138. The molecule has 1 atom stereocenters. The third-order valence-corrected chi connectivity index (χ3v) is 4.86.